The third-order valence-corrected chi connectivity index (χ3v) is 4.42. The Kier molecular flexibility index (Phi) is 6.89. The molecule has 31 heavy (non-hydrogen) atoms. The molecule has 0 saturated heterocycles. The van der Waals surface area contributed by atoms with Gasteiger partial charge in [-0.1, -0.05) is 30.3 Å². The minimum atomic E-state index is -0.784. The SMILES string of the molecule is O=C(Nc1ccc(OCCCc2ccccc2)cc1)c1cc([N+](=O)[O-])cc([N+](=O)[O-])c1. The normalized spacial score (nSPS) is 10.3. The Morgan fingerprint density at radius 3 is 2.06 bits per heavy atom. The Morgan fingerprint density at radius 2 is 1.48 bits per heavy atom. The number of nitro benzene ring substituents is 2. The van der Waals surface area contributed by atoms with Gasteiger partial charge in [-0.2, -0.15) is 0 Å². The zero-order chi connectivity index (χ0) is 22.2. The predicted octanol–water partition coefficient (Wildman–Crippen LogP) is 4.77. The number of anilines is 1. The van der Waals surface area contributed by atoms with Crippen LogP contribution < -0.4 is 10.1 Å². The average molecular weight is 421 g/mol. The van der Waals surface area contributed by atoms with E-state index in [0.29, 0.717) is 18.0 Å². The number of carbonyl (C=O) groups is 1. The lowest BCUT2D eigenvalue weighted by Gasteiger charge is -2.09. The first-order valence-electron chi connectivity index (χ1n) is 9.44. The smallest absolute Gasteiger partial charge is 0.277 e. The number of rotatable bonds is 9. The third-order valence-electron chi connectivity index (χ3n) is 4.42. The number of non-ortho nitro benzene ring substituents is 2. The highest BCUT2D eigenvalue weighted by Crippen LogP contribution is 2.24. The summed E-state index contributed by atoms with van der Waals surface area (Å²) >= 11 is 0. The molecule has 0 spiro atoms. The minimum absolute atomic E-state index is 0.179. The molecular formula is C22H19N3O6. The first-order valence-corrected chi connectivity index (χ1v) is 9.44. The van der Waals surface area contributed by atoms with Crippen molar-refractivity contribution in [3.8, 4) is 5.75 Å². The van der Waals surface area contributed by atoms with Gasteiger partial charge in [-0.05, 0) is 42.7 Å². The summed E-state index contributed by atoms with van der Waals surface area (Å²) in [7, 11) is 0. The molecule has 0 saturated carbocycles. The van der Waals surface area contributed by atoms with Crippen LogP contribution >= 0.6 is 0 Å². The maximum atomic E-state index is 12.4. The van der Waals surface area contributed by atoms with E-state index in [-0.39, 0.29) is 5.56 Å². The van der Waals surface area contributed by atoms with Gasteiger partial charge in [-0.25, -0.2) is 0 Å². The van der Waals surface area contributed by atoms with Crippen LogP contribution in [0.1, 0.15) is 22.3 Å². The molecule has 158 valence electrons. The number of benzene rings is 3. The molecule has 1 amide bonds. The molecule has 0 unspecified atom stereocenters. The van der Waals surface area contributed by atoms with Gasteiger partial charge in [0.15, 0.2) is 0 Å². The summed E-state index contributed by atoms with van der Waals surface area (Å²) in [5.74, 6) is -0.0552. The van der Waals surface area contributed by atoms with Gasteiger partial charge in [-0.3, -0.25) is 25.0 Å². The second-order valence-corrected chi connectivity index (χ2v) is 6.67. The second kappa shape index (κ2) is 9.97. The summed E-state index contributed by atoms with van der Waals surface area (Å²) in [5, 5.41) is 24.5. The van der Waals surface area contributed by atoms with Gasteiger partial charge in [0.1, 0.15) is 5.75 Å². The Morgan fingerprint density at radius 1 is 0.871 bits per heavy atom. The van der Waals surface area contributed by atoms with Crippen LogP contribution in [0.15, 0.2) is 72.8 Å². The molecular weight excluding hydrogens is 402 g/mol. The highest BCUT2D eigenvalue weighted by Gasteiger charge is 2.20. The van der Waals surface area contributed by atoms with Gasteiger partial charge in [0.05, 0.1) is 28.1 Å². The largest absolute Gasteiger partial charge is 0.494 e. The number of carbonyl (C=O) groups excluding carboxylic acids is 1. The quantitative estimate of drug-likeness (QED) is 0.301. The summed E-state index contributed by atoms with van der Waals surface area (Å²) < 4.78 is 5.69. The Labute approximate surface area is 177 Å². The molecule has 3 rings (SSSR count). The Balaban J connectivity index is 1.57. The van der Waals surface area contributed by atoms with Crippen molar-refractivity contribution in [2.75, 3.05) is 11.9 Å². The Bertz CT molecular complexity index is 1050. The van der Waals surface area contributed by atoms with E-state index in [9.17, 15) is 25.0 Å². The third kappa shape index (κ3) is 6.10. The Hall–Kier alpha value is -4.27. The van der Waals surface area contributed by atoms with E-state index >= 15 is 0 Å². The first-order chi connectivity index (χ1) is 14.9. The standard InChI is InChI=1S/C22H19N3O6/c26-22(17-13-19(24(27)28)15-20(14-17)25(29)30)23-18-8-10-21(11-9-18)31-12-4-7-16-5-2-1-3-6-16/h1-3,5-6,8-11,13-15H,4,7,12H2,(H,23,26). The van der Waals surface area contributed by atoms with E-state index in [1.165, 1.54) is 5.56 Å². The van der Waals surface area contributed by atoms with Crippen LogP contribution in [0.4, 0.5) is 17.1 Å². The van der Waals surface area contributed by atoms with Crippen LogP contribution in [0.3, 0.4) is 0 Å². The number of nitro groups is 2. The number of ether oxygens (including phenoxy) is 1. The van der Waals surface area contributed by atoms with Gasteiger partial charge in [0.25, 0.3) is 17.3 Å². The topological polar surface area (TPSA) is 125 Å². The molecule has 0 aliphatic heterocycles. The number of nitrogens with zero attached hydrogens (tertiary/aromatic N) is 2. The van der Waals surface area contributed by atoms with Gasteiger partial charge >= 0.3 is 0 Å². The molecule has 0 aliphatic rings. The summed E-state index contributed by atoms with van der Waals surface area (Å²) in [5.41, 5.74) is 0.431. The van der Waals surface area contributed by atoms with Crippen molar-refractivity contribution in [1.29, 1.82) is 0 Å². The zero-order valence-electron chi connectivity index (χ0n) is 16.4. The molecule has 1 N–H and O–H groups in total. The molecule has 0 atom stereocenters. The van der Waals surface area contributed by atoms with E-state index in [2.05, 4.69) is 17.4 Å². The second-order valence-electron chi connectivity index (χ2n) is 6.67. The van der Waals surface area contributed by atoms with Crippen molar-refractivity contribution in [3.63, 3.8) is 0 Å². The first kappa shape index (κ1) is 21.4. The van der Waals surface area contributed by atoms with E-state index in [1.807, 2.05) is 18.2 Å². The van der Waals surface area contributed by atoms with Crippen LogP contribution in [0, 0.1) is 20.2 Å². The van der Waals surface area contributed by atoms with E-state index in [4.69, 9.17) is 4.74 Å². The fourth-order valence-electron chi connectivity index (χ4n) is 2.89. The van der Waals surface area contributed by atoms with Crippen molar-refractivity contribution >= 4 is 23.0 Å². The summed E-state index contributed by atoms with van der Waals surface area (Å²) in [6.45, 7) is 0.540. The van der Waals surface area contributed by atoms with E-state index in [0.717, 1.165) is 31.0 Å². The zero-order valence-corrected chi connectivity index (χ0v) is 16.4. The fraction of sp³-hybridized carbons (Fsp3) is 0.136. The molecule has 0 fully saturated rings. The van der Waals surface area contributed by atoms with Crippen LogP contribution in [0.5, 0.6) is 5.75 Å². The molecule has 0 radical (unpaired) electrons. The number of hydrogen-bond acceptors (Lipinski definition) is 6. The number of nitrogens with one attached hydrogen (secondary N) is 1. The maximum absolute atomic E-state index is 12.4. The van der Waals surface area contributed by atoms with Crippen LogP contribution in [-0.2, 0) is 6.42 Å². The summed E-state index contributed by atoms with van der Waals surface area (Å²) in [6.07, 6.45) is 1.76. The molecule has 0 heterocycles. The molecule has 3 aromatic carbocycles. The maximum Gasteiger partial charge on any atom is 0.277 e. The number of hydrogen-bond donors (Lipinski definition) is 1. The van der Waals surface area contributed by atoms with Gasteiger partial charge in [0.2, 0.25) is 0 Å². The van der Waals surface area contributed by atoms with Crippen LogP contribution in [0.2, 0.25) is 0 Å². The number of amides is 1. The molecule has 9 heteroatoms. The van der Waals surface area contributed by atoms with Gasteiger partial charge < -0.3 is 10.1 Å². The molecule has 9 nitrogen and oxygen atoms in total. The molecule has 3 aromatic rings. The van der Waals surface area contributed by atoms with Crippen LogP contribution in [-0.4, -0.2) is 22.4 Å². The summed E-state index contributed by atoms with van der Waals surface area (Å²) in [6, 6.07) is 19.5. The van der Waals surface area contributed by atoms with E-state index in [1.54, 1.807) is 24.3 Å². The van der Waals surface area contributed by atoms with Gasteiger partial charge in [0, 0.05) is 17.8 Å². The van der Waals surface area contributed by atoms with Crippen molar-refractivity contribution in [3.05, 3.63) is 104 Å². The average Bonchev–Trinajstić information content (AvgIpc) is 2.78. The van der Waals surface area contributed by atoms with Crippen molar-refractivity contribution < 1.29 is 19.4 Å². The lowest BCUT2D eigenvalue weighted by Crippen LogP contribution is -2.12. The molecule has 0 bridgehead atoms. The van der Waals surface area contributed by atoms with Crippen molar-refractivity contribution in [2.45, 2.75) is 12.8 Å². The summed E-state index contributed by atoms with van der Waals surface area (Å²) in [4.78, 5) is 32.8. The number of aryl methyl sites for hydroxylation is 1. The van der Waals surface area contributed by atoms with Gasteiger partial charge in [-0.15, -0.1) is 0 Å². The molecule has 0 aromatic heterocycles. The lowest BCUT2D eigenvalue weighted by atomic mass is 10.1. The lowest BCUT2D eigenvalue weighted by molar-refractivity contribution is -0.394. The van der Waals surface area contributed by atoms with Crippen molar-refractivity contribution in [2.24, 2.45) is 0 Å². The molecule has 0 aliphatic carbocycles. The van der Waals surface area contributed by atoms with Crippen LogP contribution in [0.25, 0.3) is 0 Å². The predicted molar refractivity (Wildman–Crippen MR) is 114 cm³/mol. The monoisotopic (exact) mass is 421 g/mol. The van der Waals surface area contributed by atoms with Crippen molar-refractivity contribution in [1.82, 2.24) is 0 Å². The highest BCUT2D eigenvalue weighted by molar-refractivity contribution is 6.05. The minimum Gasteiger partial charge on any atom is -0.494 e. The highest BCUT2D eigenvalue weighted by atomic mass is 16.6. The fourth-order valence-corrected chi connectivity index (χ4v) is 2.89. The van der Waals surface area contributed by atoms with E-state index < -0.39 is 27.1 Å².